The lowest BCUT2D eigenvalue weighted by molar-refractivity contribution is -0.122. The lowest BCUT2D eigenvalue weighted by Crippen LogP contribution is -2.54. The van der Waals surface area contributed by atoms with Crippen LogP contribution in [-0.4, -0.2) is 17.8 Å². The summed E-state index contributed by atoms with van der Waals surface area (Å²) in [6.45, 7) is 1.80. The fourth-order valence-corrected chi connectivity index (χ4v) is 2.68. The quantitative estimate of drug-likeness (QED) is 0.637. The molecule has 6 heteroatoms. The van der Waals surface area contributed by atoms with Gasteiger partial charge in [0.1, 0.15) is 5.57 Å². The summed E-state index contributed by atoms with van der Waals surface area (Å²) in [5.74, 6) is -1.33. The van der Waals surface area contributed by atoms with E-state index in [0.29, 0.717) is 11.3 Å². The first-order valence-electron chi connectivity index (χ1n) is 7.20. The lowest BCUT2D eigenvalue weighted by Gasteiger charge is -2.27. The number of nitrogens with one attached hydrogen (secondary N) is 1. The number of urea groups is 1. The van der Waals surface area contributed by atoms with Gasteiger partial charge in [0, 0.05) is 4.47 Å². The fraction of sp³-hybridized carbons (Fsp3) is 0.0556. The molecule has 0 unspecified atom stereocenters. The molecule has 1 N–H and O–H groups in total. The number of imide groups is 2. The molecule has 1 saturated heterocycles. The number of halogens is 1. The summed E-state index contributed by atoms with van der Waals surface area (Å²) < 4.78 is 0.890. The summed E-state index contributed by atoms with van der Waals surface area (Å²) in [7, 11) is 0. The van der Waals surface area contributed by atoms with Crippen LogP contribution in [0.2, 0.25) is 0 Å². The third-order valence-electron chi connectivity index (χ3n) is 3.64. The van der Waals surface area contributed by atoms with Gasteiger partial charge < -0.3 is 0 Å². The van der Waals surface area contributed by atoms with Gasteiger partial charge in [0.05, 0.1) is 5.69 Å². The minimum Gasteiger partial charge on any atom is -0.273 e. The SMILES string of the molecule is Cc1ccccc1N1C(=O)NC(=O)/C(=C\c2ccc(Br)cc2)C1=O. The van der Waals surface area contributed by atoms with Crippen LogP contribution in [0.25, 0.3) is 6.08 Å². The van der Waals surface area contributed by atoms with Crippen molar-refractivity contribution in [2.24, 2.45) is 0 Å². The molecule has 0 spiro atoms. The van der Waals surface area contributed by atoms with E-state index in [1.165, 1.54) is 6.08 Å². The molecular weight excluding hydrogens is 372 g/mol. The van der Waals surface area contributed by atoms with E-state index in [1.807, 2.05) is 18.2 Å². The Morgan fingerprint density at radius 1 is 1.00 bits per heavy atom. The molecule has 0 aromatic heterocycles. The van der Waals surface area contributed by atoms with E-state index in [-0.39, 0.29) is 5.57 Å². The molecule has 1 fully saturated rings. The highest BCUT2D eigenvalue weighted by Crippen LogP contribution is 2.25. The Balaban J connectivity index is 2.03. The standard InChI is InChI=1S/C18H13BrN2O3/c1-11-4-2-3-5-15(11)21-17(23)14(16(22)20-18(21)24)10-12-6-8-13(19)9-7-12/h2-10H,1H3,(H,20,22,24)/b14-10+. The number of carbonyl (C=O) groups is 3. The van der Waals surface area contributed by atoms with Crippen LogP contribution >= 0.6 is 15.9 Å². The Bertz CT molecular complexity index is 872. The van der Waals surface area contributed by atoms with Gasteiger partial charge in [-0.1, -0.05) is 46.3 Å². The van der Waals surface area contributed by atoms with Crippen molar-refractivity contribution in [2.75, 3.05) is 4.90 Å². The molecule has 1 aliphatic heterocycles. The van der Waals surface area contributed by atoms with Crippen molar-refractivity contribution in [1.29, 1.82) is 0 Å². The molecule has 1 heterocycles. The number of carbonyl (C=O) groups excluding carboxylic acids is 3. The second-order valence-corrected chi connectivity index (χ2v) is 6.21. The predicted octanol–water partition coefficient (Wildman–Crippen LogP) is 3.42. The second kappa shape index (κ2) is 6.41. The average molecular weight is 385 g/mol. The topological polar surface area (TPSA) is 66.5 Å². The highest BCUT2D eigenvalue weighted by atomic mass is 79.9. The number of para-hydroxylation sites is 1. The van der Waals surface area contributed by atoms with Crippen LogP contribution in [0.4, 0.5) is 10.5 Å². The highest BCUT2D eigenvalue weighted by Gasteiger charge is 2.37. The summed E-state index contributed by atoms with van der Waals surface area (Å²) in [4.78, 5) is 38.0. The number of nitrogens with zero attached hydrogens (tertiary/aromatic N) is 1. The van der Waals surface area contributed by atoms with Crippen molar-refractivity contribution in [3.05, 3.63) is 69.7 Å². The summed E-state index contributed by atoms with van der Waals surface area (Å²) in [5, 5.41) is 2.22. The first-order valence-corrected chi connectivity index (χ1v) is 7.99. The molecule has 0 radical (unpaired) electrons. The van der Waals surface area contributed by atoms with E-state index < -0.39 is 17.8 Å². The van der Waals surface area contributed by atoms with Crippen LogP contribution in [0, 0.1) is 6.92 Å². The van der Waals surface area contributed by atoms with Crippen LogP contribution in [0.5, 0.6) is 0 Å². The Hall–Kier alpha value is -2.73. The molecule has 2 aromatic carbocycles. The van der Waals surface area contributed by atoms with E-state index in [4.69, 9.17) is 0 Å². The number of hydrogen-bond acceptors (Lipinski definition) is 3. The maximum absolute atomic E-state index is 12.7. The van der Waals surface area contributed by atoms with Crippen LogP contribution in [0.1, 0.15) is 11.1 Å². The zero-order valence-electron chi connectivity index (χ0n) is 12.7. The molecular formula is C18H13BrN2O3. The molecule has 4 amide bonds. The van der Waals surface area contributed by atoms with Gasteiger partial charge in [0.25, 0.3) is 11.8 Å². The van der Waals surface area contributed by atoms with Gasteiger partial charge in [-0.15, -0.1) is 0 Å². The minimum absolute atomic E-state index is 0.0832. The molecule has 3 rings (SSSR count). The third kappa shape index (κ3) is 3.00. The zero-order valence-corrected chi connectivity index (χ0v) is 14.3. The number of benzene rings is 2. The minimum atomic E-state index is -0.743. The Kier molecular flexibility index (Phi) is 4.31. The van der Waals surface area contributed by atoms with Crippen molar-refractivity contribution in [1.82, 2.24) is 5.32 Å². The first kappa shape index (κ1) is 16.1. The maximum Gasteiger partial charge on any atom is 0.335 e. The monoisotopic (exact) mass is 384 g/mol. The van der Waals surface area contributed by atoms with Gasteiger partial charge in [-0.3, -0.25) is 14.9 Å². The molecule has 0 aliphatic carbocycles. The largest absolute Gasteiger partial charge is 0.335 e. The van der Waals surface area contributed by atoms with Crippen molar-refractivity contribution in [3.63, 3.8) is 0 Å². The Morgan fingerprint density at radius 2 is 1.67 bits per heavy atom. The molecule has 24 heavy (non-hydrogen) atoms. The number of amides is 4. The Morgan fingerprint density at radius 3 is 2.33 bits per heavy atom. The van der Waals surface area contributed by atoms with E-state index in [0.717, 1.165) is 14.9 Å². The summed E-state index contributed by atoms with van der Waals surface area (Å²) in [5.41, 5.74) is 1.82. The average Bonchev–Trinajstić information content (AvgIpc) is 2.55. The molecule has 1 aliphatic rings. The summed E-state index contributed by atoms with van der Waals surface area (Å²) >= 11 is 3.33. The van der Waals surface area contributed by atoms with Crippen molar-refractivity contribution < 1.29 is 14.4 Å². The molecule has 0 saturated carbocycles. The van der Waals surface area contributed by atoms with Crippen molar-refractivity contribution >= 4 is 45.5 Å². The summed E-state index contributed by atoms with van der Waals surface area (Å²) in [6.07, 6.45) is 1.47. The van der Waals surface area contributed by atoms with Gasteiger partial charge in [-0.05, 0) is 42.3 Å². The summed E-state index contributed by atoms with van der Waals surface area (Å²) in [6, 6.07) is 13.4. The van der Waals surface area contributed by atoms with Gasteiger partial charge in [0.15, 0.2) is 0 Å². The van der Waals surface area contributed by atoms with Gasteiger partial charge in [-0.2, -0.15) is 0 Å². The maximum atomic E-state index is 12.7. The highest BCUT2D eigenvalue weighted by molar-refractivity contribution is 9.10. The molecule has 0 atom stereocenters. The number of hydrogen-bond donors (Lipinski definition) is 1. The molecule has 0 bridgehead atoms. The number of rotatable bonds is 2. The van der Waals surface area contributed by atoms with Crippen LogP contribution in [0.3, 0.4) is 0 Å². The van der Waals surface area contributed by atoms with Crippen molar-refractivity contribution in [3.8, 4) is 0 Å². The normalized spacial score (nSPS) is 16.5. The lowest BCUT2D eigenvalue weighted by atomic mass is 10.1. The number of aryl methyl sites for hydroxylation is 1. The number of barbiturate groups is 1. The van der Waals surface area contributed by atoms with Gasteiger partial charge >= 0.3 is 6.03 Å². The zero-order chi connectivity index (χ0) is 17.3. The van der Waals surface area contributed by atoms with Crippen LogP contribution in [-0.2, 0) is 9.59 Å². The number of anilines is 1. The van der Waals surface area contributed by atoms with E-state index in [2.05, 4.69) is 21.2 Å². The Labute approximate surface area is 147 Å². The van der Waals surface area contributed by atoms with E-state index >= 15 is 0 Å². The third-order valence-corrected chi connectivity index (χ3v) is 4.17. The van der Waals surface area contributed by atoms with Gasteiger partial charge in [-0.25, -0.2) is 9.69 Å². The first-order chi connectivity index (χ1) is 11.5. The van der Waals surface area contributed by atoms with Crippen molar-refractivity contribution in [2.45, 2.75) is 6.92 Å². The van der Waals surface area contributed by atoms with Crippen LogP contribution < -0.4 is 10.2 Å². The molecule has 120 valence electrons. The second-order valence-electron chi connectivity index (χ2n) is 5.30. The van der Waals surface area contributed by atoms with E-state index in [9.17, 15) is 14.4 Å². The fourth-order valence-electron chi connectivity index (χ4n) is 2.42. The van der Waals surface area contributed by atoms with E-state index in [1.54, 1.807) is 37.3 Å². The smallest absolute Gasteiger partial charge is 0.273 e. The molecule has 2 aromatic rings. The predicted molar refractivity (Wildman–Crippen MR) is 94.3 cm³/mol. The molecule has 5 nitrogen and oxygen atoms in total. The van der Waals surface area contributed by atoms with Gasteiger partial charge in [0.2, 0.25) is 0 Å². The van der Waals surface area contributed by atoms with Crippen LogP contribution in [0.15, 0.2) is 58.6 Å².